The summed E-state index contributed by atoms with van der Waals surface area (Å²) in [5.74, 6) is 1.80. The average molecular weight is 196 g/mol. The van der Waals surface area contributed by atoms with Crippen molar-refractivity contribution in [1.29, 1.82) is 0 Å². The summed E-state index contributed by atoms with van der Waals surface area (Å²) in [6, 6.07) is 0.779. The lowest BCUT2D eigenvalue weighted by molar-refractivity contribution is 0.255. The standard InChI is InChI=1S/C12H24N2/c1-10-7-14(8-11(10)2)9-12-5-3-4-6-13-12/h10-13H,3-9H2,1-2H3. The van der Waals surface area contributed by atoms with Crippen LogP contribution in [0.4, 0.5) is 0 Å². The lowest BCUT2D eigenvalue weighted by Crippen LogP contribution is -2.43. The molecule has 2 aliphatic rings. The second-order valence-electron chi connectivity index (χ2n) is 5.32. The molecule has 2 saturated heterocycles. The van der Waals surface area contributed by atoms with Gasteiger partial charge in [0.2, 0.25) is 0 Å². The van der Waals surface area contributed by atoms with Crippen molar-refractivity contribution in [3.05, 3.63) is 0 Å². The summed E-state index contributed by atoms with van der Waals surface area (Å²) in [5.41, 5.74) is 0. The maximum Gasteiger partial charge on any atom is 0.0195 e. The minimum atomic E-state index is 0.779. The minimum absolute atomic E-state index is 0.779. The number of rotatable bonds is 2. The predicted octanol–water partition coefficient (Wildman–Crippen LogP) is 1.72. The van der Waals surface area contributed by atoms with Gasteiger partial charge < -0.3 is 10.2 Å². The SMILES string of the molecule is CC1CN(CC2CCCCN2)CC1C. The number of hydrogen-bond acceptors (Lipinski definition) is 2. The van der Waals surface area contributed by atoms with Crippen LogP contribution in [0.3, 0.4) is 0 Å². The second-order valence-corrected chi connectivity index (χ2v) is 5.32. The second kappa shape index (κ2) is 4.63. The zero-order valence-corrected chi connectivity index (χ0v) is 9.63. The maximum absolute atomic E-state index is 3.63. The van der Waals surface area contributed by atoms with Crippen molar-refractivity contribution in [1.82, 2.24) is 10.2 Å². The molecule has 0 spiro atoms. The summed E-state index contributed by atoms with van der Waals surface area (Å²) in [6.45, 7) is 9.94. The summed E-state index contributed by atoms with van der Waals surface area (Å²) in [4.78, 5) is 2.65. The Morgan fingerprint density at radius 1 is 1.14 bits per heavy atom. The van der Waals surface area contributed by atoms with Crippen LogP contribution in [0, 0.1) is 11.8 Å². The molecule has 0 aliphatic carbocycles. The van der Waals surface area contributed by atoms with Crippen molar-refractivity contribution >= 4 is 0 Å². The highest BCUT2D eigenvalue weighted by atomic mass is 15.2. The summed E-state index contributed by atoms with van der Waals surface area (Å²) in [5, 5.41) is 3.63. The quantitative estimate of drug-likeness (QED) is 0.723. The van der Waals surface area contributed by atoms with Gasteiger partial charge in [-0.25, -0.2) is 0 Å². The molecular formula is C12H24N2. The fourth-order valence-electron chi connectivity index (χ4n) is 2.79. The molecule has 2 heteroatoms. The molecule has 2 heterocycles. The number of nitrogens with zero attached hydrogens (tertiary/aromatic N) is 1. The summed E-state index contributed by atoms with van der Waals surface area (Å²) in [7, 11) is 0. The summed E-state index contributed by atoms with van der Waals surface area (Å²) in [6.07, 6.45) is 4.19. The van der Waals surface area contributed by atoms with E-state index in [2.05, 4.69) is 24.1 Å². The molecule has 14 heavy (non-hydrogen) atoms. The molecule has 2 nitrogen and oxygen atoms in total. The molecule has 0 saturated carbocycles. The van der Waals surface area contributed by atoms with Crippen LogP contribution in [0.1, 0.15) is 33.1 Å². The van der Waals surface area contributed by atoms with Crippen LogP contribution < -0.4 is 5.32 Å². The Balaban J connectivity index is 1.74. The Labute approximate surface area is 88.1 Å². The van der Waals surface area contributed by atoms with Crippen molar-refractivity contribution in [3.63, 3.8) is 0 Å². The number of piperidine rings is 1. The monoisotopic (exact) mass is 196 g/mol. The van der Waals surface area contributed by atoms with Gasteiger partial charge in [0.25, 0.3) is 0 Å². The molecule has 3 unspecified atom stereocenters. The molecule has 2 fully saturated rings. The molecular weight excluding hydrogens is 172 g/mol. The normalized spacial score (nSPS) is 40.3. The molecule has 0 amide bonds. The highest BCUT2D eigenvalue weighted by molar-refractivity contribution is 4.83. The van der Waals surface area contributed by atoms with Crippen LogP contribution in [0.15, 0.2) is 0 Å². The van der Waals surface area contributed by atoms with E-state index in [1.165, 1.54) is 45.4 Å². The van der Waals surface area contributed by atoms with E-state index in [9.17, 15) is 0 Å². The van der Waals surface area contributed by atoms with Gasteiger partial charge in [-0.15, -0.1) is 0 Å². The third-order valence-corrected chi connectivity index (χ3v) is 3.95. The number of hydrogen-bond donors (Lipinski definition) is 1. The fourth-order valence-corrected chi connectivity index (χ4v) is 2.79. The Morgan fingerprint density at radius 3 is 2.43 bits per heavy atom. The van der Waals surface area contributed by atoms with Gasteiger partial charge >= 0.3 is 0 Å². The molecule has 3 atom stereocenters. The van der Waals surface area contributed by atoms with Crippen molar-refractivity contribution < 1.29 is 0 Å². The van der Waals surface area contributed by atoms with Gasteiger partial charge in [0.15, 0.2) is 0 Å². The van der Waals surface area contributed by atoms with Crippen LogP contribution in [0.2, 0.25) is 0 Å². The Hall–Kier alpha value is -0.0800. The van der Waals surface area contributed by atoms with E-state index in [1.807, 2.05) is 0 Å². The smallest absolute Gasteiger partial charge is 0.0195 e. The van der Waals surface area contributed by atoms with Crippen molar-refractivity contribution in [2.45, 2.75) is 39.2 Å². The molecule has 82 valence electrons. The fraction of sp³-hybridized carbons (Fsp3) is 1.00. The van der Waals surface area contributed by atoms with E-state index in [1.54, 1.807) is 0 Å². The first-order chi connectivity index (χ1) is 6.75. The third-order valence-electron chi connectivity index (χ3n) is 3.95. The number of likely N-dealkylation sites (tertiary alicyclic amines) is 1. The van der Waals surface area contributed by atoms with Gasteiger partial charge in [-0.05, 0) is 31.2 Å². The highest BCUT2D eigenvalue weighted by Gasteiger charge is 2.27. The van der Waals surface area contributed by atoms with Crippen molar-refractivity contribution in [3.8, 4) is 0 Å². The van der Waals surface area contributed by atoms with E-state index >= 15 is 0 Å². The zero-order chi connectivity index (χ0) is 9.97. The topological polar surface area (TPSA) is 15.3 Å². The largest absolute Gasteiger partial charge is 0.313 e. The van der Waals surface area contributed by atoms with Gasteiger partial charge in [-0.3, -0.25) is 0 Å². The first kappa shape index (κ1) is 10.4. The van der Waals surface area contributed by atoms with Gasteiger partial charge in [0, 0.05) is 25.7 Å². The van der Waals surface area contributed by atoms with Gasteiger partial charge in [-0.1, -0.05) is 20.3 Å². The molecule has 2 aliphatic heterocycles. The van der Waals surface area contributed by atoms with Crippen LogP contribution >= 0.6 is 0 Å². The molecule has 0 aromatic heterocycles. The lowest BCUT2D eigenvalue weighted by Gasteiger charge is -2.28. The Morgan fingerprint density at radius 2 is 1.86 bits per heavy atom. The van der Waals surface area contributed by atoms with Crippen molar-refractivity contribution in [2.24, 2.45) is 11.8 Å². The maximum atomic E-state index is 3.63. The van der Waals surface area contributed by atoms with Gasteiger partial charge in [0.05, 0.1) is 0 Å². The van der Waals surface area contributed by atoms with E-state index < -0.39 is 0 Å². The summed E-state index contributed by atoms with van der Waals surface area (Å²) < 4.78 is 0. The zero-order valence-electron chi connectivity index (χ0n) is 9.63. The van der Waals surface area contributed by atoms with Crippen LogP contribution in [-0.4, -0.2) is 37.1 Å². The van der Waals surface area contributed by atoms with E-state index in [-0.39, 0.29) is 0 Å². The van der Waals surface area contributed by atoms with Crippen LogP contribution in [-0.2, 0) is 0 Å². The average Bonchev–Trinajstić information content (AvgIpc) is 2.47. The van der Waals surface area contributed by atoms with E-state index in [0.717, 1.165) is 17.9 Å². The molecule has 1 N–H and O–H groups in total. The Kier molecular flexibility index (Phi) is 3.45. The first-order valence-electron chi connectivity index (χ1n) is 6.21. The number of nitrogens with one attached hydrogen (secondary N) is 1. The molecule has 0 aromatic carbocycles. The molecule has 2 rings (SSSR count). The van der Waals surface area contributed by atoms with Crippen LogP contribution in [0.5, 0.6) is 0 Å². The van der Waals surface area contributed by atoms with E-state index in [0.29, 0.717) is 0 Å². The van der Waals surface area contributed by atoms with E-state index in [4.69, 9.17) is 0 Å². The molecule has 0 bridgehead atoms. The highest BCUT2D eigenvalue weighted by Crippen LogP contribution is 2.22. The van der Waals surface area contributed by atoms with Crippen LogP contribution in [0.25, 0.3) is 0 Å². The predicted molar refractivity (Wildman–Crippen MR) is 60.4 cm³/mol. The van der Waals surface area contributed by atoms with Gasteiger partial charge in [0.1, 0.15) is 0 Å². The Bertz CT molecular complexity index is 165. The summed E-state index contributed by atoms with van der Waals surface area (Å²) >= 11 is 0. The molecule has 0 radical (unpaired) electrons. The minimum Gasteiger partial charge on any atom is -0.313 e. The van der Waals surface area contributed by atoms with Gasteiger partial charge in [-0.2, -0.15) is 0 Å². The molecule has 0 aromatic rings. The van der Waals surface area contributed by atoms with Crippen molar-refractivity contribution in [2.75, 3.05) is 26.2 Å². The lowest BCUT2D eigenvalue weighted by atomic mass is 10.0. The first-order valence-corrected chi connectivity index (χ1v) is 6.21. The third kappa shape index (κ3) is 2.48.